The van der Waals surface area contributed by atoms with Gasteiger partial charge in [-0.25, -0.2) is 4.68 Å². The second-order valence-electron chi connectivity index (χ2n) is 4.50. The Labute approximate surface area is 118 Å². The molecule has 6 heteroatoms. The predicted molar refractivity (Wildman–Crippen MR) is 77.1 cm³/mol. The van der Waals surface area contributed by atoms with Crippen LogP contribution in [0.15, 0.2) is 36.5 Å². The van der Waals surface area contributed by atoms with Gasteiger partial charge in [-0.1, -0.05) is 30.3 Å². The van der Waals surface area contributed by atoms with Crippen LogP contribution in [0.2, 0.25) is 0 Å². The molecule has 0 saturated heterocycles. The lowest BCUT2D eigenvalue weighted by molar-refractivity contribution is -0.116. The van der Waals surface area contributed by atoms with Gasteiger partial charge in [0.05, 0.1) is 11.9 Å². The maximum atomic E-state index is 11.8. The molecule has 0 aliphatic heterocycles. The number of benzene rings is 1. The lowest BCUT2D eigenvalue weighted by Gasteiger charge is -2.04. The number of nitrogens with zero attached hydrogens (tertiary/aromatic N) is 3. The topological polar surface area (TPSA) is 71.8 Å². The van der Waals surface area contributed by atoms with Gasteiger partial charge in [0.2, 0.25) is 5.91 Å². The number of carbonyl (C=O) groups is 1. The molecule has 0 bridgehead atoms. The molecule has 0 aliphatic rings. The van der Waals surface area contributed by atoms with Gasteiger partial charge in [-0.05, 0) is 25.1 Å². The van der Waals surface area contributed by atoms with Crippen LogP contribution in [-0.4, -0.2) is 27.4 Å². The van der Waals surface area contributed by atoms with Crippen molar-refractivity contribution >= 4 is 11.6 Å². The first kappa shape index (κ1) is 14.2. The summed E-state index contributed by atoms with van der Waals surface area (Å²) < 4.78 is 1.54. The van der Waals surface area contributed by atoms with Crippen LogP contribution in [0.5, 0.6) is 0 Å². The van der Waals surface area contributed by atoms with Crippen LogP contribution in [0.25, 0.3) is 0 Å². The number of hydrogen-bond donors (Lipinski definition) is 2. The van der Waals surface area contributed by atoms with Crippen molar-refractivity contribution in [1.29, 1.82) is 0 Å². The van der Waals surface area contributed by atoms with Gasteiger partial charge in [0, 0.05) is 12.2 Å². The van der Waals surface area contributed by atoms with Crippen LogP contribution in [0, 0.1) is 0 Å². The highest BCUT2D eigenvalue weighted by atomic mass is 16.2. The standard InChI is InChI=1S/C14H19N5O/c1-2-8-15-9-13-10-19(18-17-13)11-14(20)16-12-6-4-3-5-7-12/h3-7,10,15H,2,8-9,11H2,1H3,(H,16,20). The summed E-state index contributed by atoms with van der Waals surface area (Å²) in [5.41, 5.74) is 1.62. The van der Waals surface area contributed by atoms with E-state index in [-0.39, 0.29) is 12.5 Å². The Bertz CT molecular complexity index is 538. The van der Waals surface area contributed by atoms with E-state index in [2.05, 4.69) is 27.9 Å². The van der Waals surface area contributed by atoms with Gasteiger partial charge in [0.1, 0.15) is 6.54 Å². The highest BCUT2D eigenvalue weighted by Crippen LogP contribution is 2.04. The lowest BCUT2D eigenvalue weighted by Crippen LogP contribution is -2.19. The minimum Gasteiger partial charge on any atom is -0.324 e. The molecule has 0 aliphatic carbocycles. The van der Waals surface area contributed by atoms with E-state index in [9.17, 15) is 4.79 Å². The molecule has 0 radical (unpaired) electrons. The molecule has 2 rings (SSSR count). The Morgan fingerprint density at radius 3 is 2.85 bits per heavy atom. The zero-order valence-corrected chi connectivity index (χ0v) is 11.5. The third-order valence-electron chi connectivity index (χ3n) is 2.68. The SMILES string of the molecule is CCCNCc1cn(CC(=O)Nc2ccccc2)nn1. The molecule has 6 nitrogen and oxygen atoms in total. The van der Waals surface area contributed by atoms with Crippen molar-refractivity contribution < 1.29 is 4.79 Å². The fourth-order valence-electron chi connectivity index (χ4n) is 1.76. The van der Waals surface area contributed by atoms with Crippen LogP contribution >= 0.6 is 0 Å². The molecule has 0 spiro atoms. The largest absolute Gasteiger partial charge is 0.324 e. The highest BCUT2D eigenvalue weighted by molar-refractivity contribution is 5.90. The molecule has 1 aromatic carbocycles. The van der Waals surface area contributed by atoms with Gasteiger partial charge in [0.15, 0.2) is 0 Å². The molecule has 1 heterocycles. The van der Waals surface area contributed by atoms with E-state index in [0.717, 1.165) is 24.3 Å². The third kappa shape index (κ3) is 4.47. The zero-order valence-electron chi connectivity index (χ0n) is 11.5. The molecule has 0 saturated carbocycles. The molecule has 1 aromatic heterocycles. The van der Waals surface area contributed by atoms with E-state index in [1.54, 1.807) is 10.9 Å². The van der Waals surface area contributed by atoms with Crippen molar-refractivity contribution in [3.63, 3.8) is 0 Å². The summed E-state index contributed by atoms with van der Waals surface area (Å²) in [6.45, 7) is 3.89. The average Bonchev–Trinajstić information content (AvgIpc) is 2.87. The van der Waals surface area contributed by atoms with Crippen LogP contribution in [0.4, 0.5) is 5.69 Å². The fourth-order valence-corrected chi connectivity index (χ4v) is 1.76. The molecule has 20 heavy (non-hydrogen) atoms. The number of amides is 1. The van der Waals surface area contributed by atoms with Crippen molar-refractivity contribution in [3.8, 4) is 0 Å². The molecular weight excluding hydrogens is 254 g/mol. The Hall–Kier alpha value is -2.21. The normalized spacial score (nSPS) is 10.4. The van der Waals surface area contributed by atoms with Crippen LogP contribution < -0.4 is 10.6 Å². The van der Waals surface area contributed by atoms with Gasteiger partial charge in [0.25, 0.3) is 0 Å². The number of carbonyl (C=O) groups excluding carboxylic acids is 1. The van der Waals surface area contributed by atoms with Crippen LogP contribution in [0.1, 0.15) is 19.0 Å². The Kier molecular flexibility index (Phi) is 5.25. The zero-order chi connectivity index (χ0) is 14.2. The Morgan fingerprint density at radius 2 is 2.10 bits per heavy atom. The van der Waals surface area contributed by atoms with Crippen molar-refractivity contribution in [2.45, 2.75) is 26.4 Å². The number of para-hydroxylation sites is 1. The first-order valence-electron chi connectivity index (χ1n) is 6.72. The van der Waals surface area contributed by atoms with Crippen LogP contribution in [-0.2, 0) is 17.9 Å². The van der Waals surface area contributed by atoms with Gasteiger partial charge in [-0.2, -0.15) is 0 Å². The van der Waals surface area contributed by atoms with Gasteiger partial charge < -0.3 is 10.6 Å². The maximum absolute atomic E-state index is 11.8. The van der Waals surface area contributed by atoms with E-state index in [4.69, 9.17) is 0 Å². The van der Waals surface area contributed by atoms with E-state index in [0.29, 0.717) is 6.54 Å². The summed E-state index contributed by atoms with van der Waals surface area (Å²) in [7, 11) is 0. The molecule has 0 atom stereocenters. The number of aromatic nitrogens is 3. The van der Waals surface area contributed by atoms with E-state index in [1.165, 1.54) is 0 Å². The summed E-state index contributed by atoms with van der Waals surface area (Å²) in [5, 5.41) is 14.0. The molecule has 0 fully saturated rings. The molecule has 2 N–H and O–H groups in total. The van der Waals surface area contributed by atoms with Gasteiger partial charge in [-0.15, -0.1) is 5.10 Å². The van der Waals surface area contributed by atoms with Crippen molar-refractivity contribution in [2.24, 2.45) is 0 Å². The van der Waals surface area contributed by atoms with Crippen LogP contribution in [0.3, 0.4) is 0 Å². The van der Waals surface area contributed by atoms with E-state index >= 15 is 0 Å². The lowest BCUT2D eigenvalue weighted by atomic mass is 10.3. The van der Waals surface area contributed by atoms with E-state index in [1.807, 2.05) is 30.3 Å². The second-order valence-corrected chi connectivity index (χ2v) is 4.50. The predicted octanol–water partition coefficient (Wildman–Crippen LogP) is 1.42. The smallest absolute Gasteiger partial charge is 0.246 e. The molecular formula is C14H19N5O. The Balaban J connectivity index is 1.82. The summed E-state index contributed by atoms with van der Waals surface area (Å²) >= 11 is 0. The molecule has 106 valence electrons. The molecule has 2 aromatic rings. The number of nitrogens with one attached hydrogen (secondary N) is 2. The monoisotopic (exact) mass is 273 g/mol. The minimum absolute atomic E-state index is 0.117. The first-order chi connectivity index (χ1) is 9.78. The van der Waals surface area contributed by atoms with Crippen molar-refractivity contribution in [3.05, 3.63) is 42.2 Å². The molecule has 1 amide bonds. The van der Waals surface area contributed by atoms with Gasteiger partial charge in [-0.3, -0.25) is 4.79 Å². The number of rotatable bonds is 7. The van der Waals surface area contributed by atoms with Crippen molar-refractivity contribution in [2.75, 3.05) is 11.9 Å². The van der Waals surface area contributed by atoms with Crippen molar-refractivity contribution in [1.82, 2.24) is 20.3 Å². The number of anilines is 1. The number of hydrogen-bond acceptors (Lipinski definition) is 4. The fraction of sp³-hybridized carbons (Fsp3) is 0.357. The summed E-state index contributed by atoms with van der Waals surface area (Å²) in [6.07, 6.45) is 2.86. The summed E-state index contributed by atoms with van der Waals surface area (Å²) in [5.74, 6) is -0.117. The first-order valence-corrected chi connectivity index (χ1v) is 6.72. The molecule has 0 unspecified atom stereocenters. The second kappa shape index (κ2) is 7.40. The average molecular weight is 273 g/mol. The third-order valence-corrected chi connectivity index (χ3v) is 2.68. The highest BCUT2D eigenvalue weighted by Gasteiger charge is 2.06. The summed E-state index contributed by atoms with van der Waals surface area (Å²) in [6, 6.07) is 9.35. The quantitative estimate of drug-likeness (QED) is 0.748. The maximum Gasteiger partial charge on any atom is 0.246 e. The minimum atomic E-state index is -0.117. The summed E-state index contributed by atoms with van der Waals surface area (Å²) in [4.78, 5) is 11.8. The Morgan fingerprint density at radius 1 is 1.30 bits per heavy atom. The van der Waals surface area contributed by atoms with Gasteiger partial charge >= 0.3 is 0 Å². The van der Waals surface area contributed by atoms with E-state index < -0.39 is 0 Å².